The molecule has 4 heteroatoms. The van der Waals surface area contributed by atoms with Gasteiger partial charge in [0.2, 0.25) is 0 Å². The molecule has 2 aromatic rings. The van der Waals surface area contributed by atoms with Crippen LogP contribution in [0.2, 0.25) is 0 Å². The summed E-state index contributed by atoms with van der Waals surface area (Å²) in [6.07, 6.45) is 5.23. The van der Waals surface area contributed by atoms with Crippen LogP contribution in [-0.2, 0) is 11.3 Å². The molecule has 2 aromatic carbocycles. The highest BCUT2D eigenvalue weighted by molar-refractivity contribution is 5.84. The van der Waals surface area contributed by atoms with Gasteiger partial charge in [0.15, 0.2) is 0 Å². The summed E-state index contributed by atoms with van der Waals surface area (Å²) in [6.45, 7) is 0.999. The molecule has 0 aliphatic carbocycles. The molecule has 1 N–H and O–H groups in total. The van der Waals surface area contributed by atoms with Crippen LogP contribution in [0, 0.1) is 0 Å². The summed E-state index contributed by atoms with van der Waals surface area (Å²) in [5.41, 5.74) is 2.14. The van der Waals surface area contributed by atoms with Gasteiger partial charge in [0.25, 0.3) is 0 Å². The average Bonchev–Trinajstić information content (AvgIpc) is 2.64. The lowest BCUT2D eigenvalue weighted by atomic mass is 9.82. The number of anilines is 1. The zero-order valence-electron chi connectivity index (χ0n) is 15.0. The second-order valence-electron chi connectivity index (χ2n) is 7.39. The van der Waals surface area contributed by atoms with Crippen molar-refractivity contribution in [1.29, 1.82) is 0 Å². The predicted molar refractivity (Wildman–Crippen MR) is 103 cm³/mol. The van der Waals surface area contributed by atoms with Crippen molar-refractivity contribution in [3.63, 3.8) is 0 Å². The molecule has 2 unspecified atom stereocenters. The third-order valence-corrected chi connectivity index (χ3v) is 5.58. The fourth-order valence-electron chi connectivity index (χ4n) is 4.40. The van der Waals surface area contributed by atoms with Crippen molar-refractivity contribution in [2.24, 2.45) is 0 Å². The number of nitrogens with zero attached hydrogens (tertiary/aromatic N) is 1. The summed E-state index contributed by atoms with van der Waals surface area (Å²) in [7, 11) is 0. The maximum absolute atomic E-state index is 12.2. The van der Waals surface area contributed by atoms with E-state index in [0.717, 1.165) is 25.1 Å². The Labute approximate surface area is 155 Å². The number of benzene rings is 2. The Morgan fingerprint density at radius 2 is 1.58 bits per heavy atom. The Balaban J connectivity index is 1.36. The topological polar surface area (TPSA) is 41.6 Å². The Kier molecular flexibility index (Phi) is 5.21. The molecule has 2 atom stereocenters. The molecule has 26 heavy (non-hydrogen) atoms. The van der Waals surface area contributed by atoms with Crippen molar-refractivity contribution in [2.45, 2.75) is 56.8 Å². The molecule has 2 aliphatic rings. The first kappa shape index (κ1) is 17.1. The van der Waals surface area contributed by atoms with Gasteiger partial charge in [-0.25, -0.2) is 4.79 Å². The smallest absolute Gasteiger partial charge is 0.411 e. The number of para-hydroxylation sites is 1. The van der Waals surface area contributed by atoms with E-state index in [1.807, 2.05) is 30.3 Å². The number of nitrogens with one attached hydrogen (secondary N) is 1. The highest BCUT2D eigenvalue weighted by atomic mass is 16.6. The zero-order valence-corrected chi connectivity index (χ0v) is 15.0. The Hall–Kier alpha value is -2.33. The van der Waals surface area contributed by atoms with Gasteiger partial charge < -0.3 is 4.74 Å². The summed E-state index contributed by atoms with van der Waals surface area (Å²) in [4.78, 5) is 14.9. The number of hydrogen-bond donors (Lipinski definition) is 1. The Morgan fingerprint density at radius 3 is 2.23 bits per heavy atom. The molecular formula is C22H26N2O2. The number of ether oxygens (including phenoxy) is 1. The zero-order chi connectivity index (χ0) is 17.8. The Bertz CT molecular complexity index is 705. The molecule has 0 spiro atoms. The standard InChI is InChI=1S/C22H26N2O2/c25-22(23-18-10-5-2-6-11-18)26-21-14-19-12-7-13-20(15-21)24(19)16-17-8-3-1-4-9-17/h1-6,8-11,19-21H,7,12-16H2,(H,23,25). The number of amides is 1. The third-order valence-electron chi connectivity index (χ3n) is 5.58. The van der Waals surface area contributed by atoms with Crippen LogP contribution in [-0.4, -0.2) is 29.2 Å². The highest BCUT2D eigenvalue weighted by Crippen LogP contribution is 2.36. The van der Waals surface area contributed by atoms with Crippen molar-refractivity contribution in [2.75, 3.05) is 5.32 Å². The van der Waals surface area contributed by atoms with Crippen LogP contribution in [0.5, 0.6) is 0 Å². The minimum atomic E-state index is -0.337. The minimum Gasteiger partial charge on any atom is -0.446 e. The first-order valence-corrected chi connectivity index (χ1v) is 9.60. The van der Waals surface area contributed by atoms with Crippen molar-refractivity contribution >= 4 is 11.8 Å². The maximum Gasteiger partial charge on any atom is 0.411 e. The largest absolute Gasteiger partial charge is 0.446 e. The molecular weight excluding hydrogens is 324 g/mol. The number of hydrogen-bond acceptors (Lipinski definition) is 3. The summed E-state index contributed by atoms with van der Waals surface area (Å²) in [5.74, 6) is 0. The van der Waals surface area contributed by atoms with E-state index in [2.05, 4.69) is 40.5 Å². The molecule has 2 saturated heterocycles. The molecule has 2 fully saturated rings. The SMILES string of the molecule is O=C(Nc1ccccc1)OC1CC2CCCC(C1)N2Cc1ccccc1. The van der Waals surface area contributed by atoms with E-state index in [1.165, 1.54) is 24.8 Å². The monoisotopic (exact) mass is 350 g/mol. The van der Waals surface area contributed by atoms with Crippen LogP contribution in [0.15, 0.2) is 60.7 Å². The first-order valence-electron chi connectivity index (χ1n) is 9.60. The Morgan fingerprint density at radius 1 is 0.962 bits per heavy atom. The lowest BCUT2D eigenvalue weighted by Crippen LogP contribution is -2.53. The molecule has 2 heterocycles. The van der Waals surface area contributed by atoms with Crippen LogP contribution in [0.4, 0.5) is 10.5 Å². The van der Waals surface area contributed by atoms with E-state index in [-0.39, 0.29) is 12.2 Å². The summed E-state index contributed by atoms with van der Waals surface area (Å²) >= 11 is 0. The van der Waals surface area contributed by atoms with E-state index in [4.69, 9.17) is 4.74 Å². The van der Waals surface area contributed by atoms with Crippen molar-refractivity contribution < 1.29 is 9.53 Å². The third kappa shape index (κ3) is 4.07. The molecule has 1 amide bonds. The number of piperidine rings is 2. The molecule has 0 saturated carbocycles. The number of fused-ring (bicyclic) bond motifs is 2. The number of rotatable bonds is 4. The fourth-order valence-corrected chi connectivity index (χ4v) is 4.40. The van der Waals surface area contributed by atoms with Gasteiger partial charge in [0.1, 0.15) is 6.10 Å². The number of carbonyl (C=O) groups is 1. The van der Waals surface area contributed by atoms with E-state index >= 15 is 0 Å². The summed E-state index contributed by atoms with van der Waals surface area (Å²) in [5, 5.41) is 2.83. The maximum atomic E-state index is 12.2. The van der Waals surface area contributed by atoms with Gasteiger partial charge in [0.05, 0.1) is 0 Å². The van der Waals surface area contributed by atoms with Gasteiger partial charge in [-0.1, -0.05) is 55.0 Å². The van der Waals surface area contributed by atoms with Gasteiger partial charge in [0, 0.05) is 37.2 Å². The lowest BCUT2D eigenvalue weighted by Gasteiger charge is -2.48. The van der Waals surface area contributed by atoms with Gasteiger partial charge in [-0.3, -0.25) is 10.2 Å². The lowest BCUT2D eigenvalue weighted by molar-refractivity contribution is -0.0348. The molecule has 136 valence electrons. The summed E-state index contributed by atoms with van der Waals surface area (Å²) in [6, 6.07) is 21.2. The van der Waals surface area contributed by atoms with Crippen LogP contribution in [0.25, 0.3) is 0 Å². The fraction of sp³-hybridized carbons (Fsp3) is 0.409. The normalized spacial score (nSPS) is 25.5. The van der Waals surface area contributed by atoms with Gasteiger partial charge in [-0.05, 0) is 30.5 Å². The molecule has 2 bridgehead atoms. The second kappa shape index (κ2) is 7.92. The van der Waals surface area contributed by atoms with Crippen molar-refractivity contribution in [3.05, 3.63) is 66.2 Å². The summed E-state index contributed by atoms with van der Waals surface area (Å²) < 4.78 is 5.75. The molecule has 4 nitrogen and oxygen atoms in total. The highest BCUT2D eigenvalue weighted by Gasteiger charge is 2.39. The van der Waals surface area contributed by atoms with Gasteiger partial charge >= 0.3 is 6.09 Å². The van der Waals surface area contributed by atoms with Crippen LogP contribution in [0.1, 0.15) is 37.7 Å². The van der Waals surface area contributed by atoms with Gasteiger partial charge in [-0.15, -0.1) is 0 Å². The van der Waals surface area contributed by atoms with Crippen LogP contribution in [0.3, 0.4) is 0 Å². The van der Waals surface area contributed by atoms with Crippen molar-refractivity contribution in [3.8, 4) is 0 Å². The minimum absolute atomic E-state index is 0.0148. The van der Waals surface area contributed by atoms with Crippen LogP contribution >= 0.6 is 0 Å². The van der Waals surface area contributed by atoms with Gasteiger partial charge in [-0.2, -0.15) is 0 Å². The van der Waals surface area contributed by atoms with E-state index in [9.17, 15) is 4.79 Å². The predicted octanol–water partition coefficient (Wildman–Crippen LogP) is 4.82. The van der Waals surface area contributed by atoms with E-state index < -0.39 is 0 Å². The van der Waals surface area contributed by atoms with E-state index in [0.29, 0.717) is 12.1 Å². The number of carbonyl (C=O) groups excluding carboxylic acids is 1. The van der Waals surface area contributed by atoms with Crippen LogP contribution < -0.4 is 5.32 Å². The molecule has 2 aliphatic heterocycles. The van der Waals surface area contributed by atoms with E-state index in [1.54, 1.807) is 0 Å². The molecule has 0 radical (unpaired) electrons. The molecule has 4 rings (SSSR count). The van der Waals surface area contributed by atoms with Crippen molar-refractivity contribution in [1.82, 2.24) is 4.90 Å². The first-order chi connectivity index (χ1) is 12.8. The second-order valence-corrected chi connectivity index (χ2v) is 7.39. The average molecular weight is 350 g/mol. The quantitative estimate of drug-likeness (QED) is 0.859. The molecule has 0 aromatic heterocycles.